The number of carbonyl (C=O) groups excluding carboxylic acids is 1. The van der Waals surface area contributed by atoms with Gasteiger partial charge in [0, 0.05) is 67.2 Å². The summed E-state index contributed by atoms with van der Waals surface area (Å²) in [4.78, 5) is 17.7. The summed E-state index contributed by atoms with van der Waals surface area (Å²) in [6.45, 7) is 9.81. The smallest absolute Gasteiger partial charge is 0.223 e. The molecule has 0 bridgehead atoms. The van der Waals surface area contributed by atoms with Crippen molar-refractivity contribution in [1.82, 2.24) is 14.4 Å². The number of para-hydroxylation sites is 1. The van der Waals surface area contributed by atoms with Crippen LogP contribution in [0.2, 0.25) is 5.02 Å². The maximum atomic E-state index is 13.3. The van der Waals surface area contributed by atoms with Crippen LogP contribution in [0.3, 0.4) is 0 Å². The van der Waals surface area contributed by atoms with Crippen LogP contribution >= 0.6 is 11.6 Å². The van der Waals surface area contributed by atoms with Gasteiger partial charge in [0.25, 0.3) is 0 Å². The topological polar surface area (TPSA) is 28.5 Å². The van der Waals surface area contributed by atoms with Gasteiger partial charge in [0.05, 0.1) is 0 Å². The number of hydrogen-bond donors (Lipinski definition) is 0. The Morgan fingerprint density at radius 1 is 1.00 bits per heavy atom. The molecule has 0 N–H and O–H groups in total. The first-order chi connectivity index (χ1) is 14.6. The van der Waals surface area contributed by atoms with Gasteiger partial charge < -0.3 is 14.4 Å². The van der Waals surface area contributed by atoms with Gasteiger partial charge in [0.1, 0.15) is 0 Å². The van der Waals surface area contributed by atoms with E-state index in [4.69, 9.17) is 11.6 Å². The Morgan fingerprint density at radius 2 is 1.77 bits per heavy atom. The molecule has 4 nitrogen and oxygen atoms in total. The number of piperazine rings is 1. The standard InChI is InChI=1S/C25H30ClN3O/c1-3-27-12-14-29(15-13-27)25(30)17-22(19-8-7-9-20(26)16-19)23-18-28(4-2)24-11-6-5-10-21(23)24/h5-11,16,18,22H,3-4,12-15,17H2,1-2H3. The van der Waals surface area contributed by atoms with E-state index in [0.29, 0.717) is 11.4 Å². The Hall–Kier alpha value is -2.30. The Labute approximate surface area is 184 Å². The zero-order valence-electron chi connectivity index (χ0n) is 17.9. The first-order valence-electron chi connectivity index (χ1n) is 10.9. The highest BCUT2D eigenvalue weighted by Gasteiger charge is 2.27. The molecule has 1 aliphatic heterocycles. The molecule has 1 aromatic heterocycles. The van der Waals surface area contributed by atoms with Gasteiger partial charge in [-0.15, -0.1) is 0 Å². The van der Waals surface area contributed by atoms with Gasteiger partial charge in [-0.05, 0) is 42.8 Å². The van der Waals surface area contributed by atoms with Crippen molar-refractivity contribution in [1.29, 1.82) is 0 Å². The molecule has 1 atom stereocenters. The van der Waals surface area contributed by atoms with Gasteiger partial charge in [-0.3, -0.25) is 4.79 Å². The Balaban J connectivity index is 1.69. The van der Waals surface area contributed by atoms with Crippen molar-refractivity contribution in [3.8, 4) is 0 Å². The lowest BCUT2D eigenvalue weighted by Crippen LogP contribution is -2.48. The first-order valence-corrected chi connectivity index (χ1v) is 11.3. The van der Waals surface area contributed by atoms with Crippen molar-refractivity contribution >= 4 is 28.4 Å². The van der Waals surface area contributed by atoms with Gasteiger partial charge in [-0.2, -0.15) is 0 Å². The van der Waals surface area contributed by atoms with Crippen molar-refractivity contribution in [2.24, 2.45) is 0 Å². The lowest BCUT2D eigenvalue weighted by Gasteiger charge is -2.35. The highest BCUT2D eigenvalue weighted by Crippen LogP contribution is 2.36. The fraction of sp³-hybridized carbons (Fsp3) is 0.400. The number of aryl methyl sites for hydroxylation is 1. The second-order valence-electron chi connectivity index (χ2n) is 8.01. The van der Waals surface area contributed by atoms with Gasteiger partial charge in [0.2, 0.25) is 5.91 Å². The summed E-state index contributed by atoms with van der Waals surface area (Å²) in [7, 11) is 0. The summed E-state index contributed by atoms with van der Waals surface area (Å²) in [5.74, 6) is 0.210. The molecule has 2 aromatic carbocycles. The molecule has 1 amide bonds. The summed E-state index contributed by atoms with van der Waals surface area (Å²) < 4.78 is 2.27. The second-order valence-corrected chi connectivity index (χ2v) is 8.45. The first kappa shape index (κ1) is 21.0. The highest BCUT2D eigenvalue weighted by atomic mass is 35.5. The third-order valence-corrected chi connectivity index (χ3v) is 6.57. The van der Waals surface area contributed by atoms with Crippen LogP contribution in [0.5, 0.6) is 0 Å². The number of rotatable bonds is 6. The van der Waals surface area contributed by atoms with Crippen LogP contribution in [0.25, 0.3) is 10.9 Å². The SMILES string of the molecule is CCN1CCN(C(=O)CC(c2cccc(Cl)c2)c2cn(CC)c3ccccc23)CC1. The van der Waals surface area contributed by atoms with Gasteiger partial charge in [-0.25, -0.2) is 0 Å². The number of benzene rings is 2. The van der Waals surface area contributed by atoms with E-state index in [0.717, 1.165) is 44.8 Å². The number of nitrogens with zero attached hydrogens (tertiary/aromatic N) is 3. The molecule has 158 valence electrons. The molecule has 0 aliphatic carbocycles. The average molecular weight is 424 g/mol. The van der Waals surface area contributed by atoms with E-state index in [2.05, 4.69) is 59.8 Å². The lowest BCUT2D eigenvalue weighted by molar-refractivity contribution is -0.133. The Kier molecular flexibility index (Phi) is 6.45. The van der Waals surface area contributed by atoms with Crippen LogP contribution in [0.15, 0.2) is 54.7 Å². The summed E-state index contributed by atoms with van der Waals surface area (Å²) in [6, 6.07) is 16.4. The van der Waals surface area contributed by atoms with Crippen LogP contribution in [0, 0.1) is 0 Å². The number of fused-ring (bicyclic) bond motifs is 1. The van der Waals surface area contributed by atoms with Crippen molar-refractivity contribution < 1.29 is 4.79 Å². The summed E-state index contributed by atoms with van der Waals surface area (Å²) in [5.41, 5.74) is 3.52. The largest absolute Gasteiger partial charge is 0.347 e. The molecule has 2 heterocycles. The number of carbonyl (C=O) groups is 1. The lowest BCUT2D eigenvalue weighted by atomic mass is 9.87. The molecule has 0 saturated carbocycles. The Bertz CT molecular complexity index is 1020. The van der Waals surface area contributed by atoms with Crippen molar-refractivity contribution in [2.75, 3.05) is 32.7 Å². The van der Waals surface area contributed by atoms with E-state index >= 15 is 0 Å². The fourth-order valence-electron chi connectivity index (χ4n) is 4.56. The molecule has 3 aromatic rings. The van der Waals surface area contributed by atoms with E-state index in [1.807, 2.05) is 23.1 Å². The average Bonchev–Trinajstić information content (AvgIpc) is 3.16. The number of hydrogen-bond acceptors (Lipinski definition) is 2. The zero-order valence-corrected chi connectivity index (χ0v) is 18.6. The van der Waals surface area contributed by atoms with Crippen LogP contribution in [0.4, 0.5) is 0 Å². The fourth-order valence-corrected chi connectivity index (χ4v) is 4.76. The van der Waals surface area contributed by atoms with Crippen LogP contribution < -0.4 is 0 Å². The van der Waals surface area contributed by atoms with Crippen LogP contribution in [-0.2, 0) is 11.3 Å². The molecule has 0 spiro atoms. The van der Waals surface area contributed by atoms with E-state index in [1.165, 1.54) is 16.5 Å². The number of halogens is 1. The van der Waals surface area contributed by atoms with Crippen LogP contribution in [-0.4, -0.2) is 53.0 Å². The van der Waals surface area contributed by atoms with Crippen molar-refractivity contribution in [3.05, 3.63) is 70.9 Å². The van der Waals surface area contributed by atoms with E-state index < -0.39 is 0 Å². The molecular weight excluding hydrogens is 394 g/mol. The molecular formula is C25H30ClN3O. The third kappa shape index (κ3) is 4.26. The molecule has 0 radical (unpaired) electrons. The molecule has 1 saturated heterocycles. The quantitative estimate of drug-likeness (QED) is 0.558. The van der Waals surface area contributed by atoms with Crippen LogP contribution in [0.1, 0.15) is 37.3 Å². The molecule has 5 heteroatoms. The van der Waals surface area contributed by atoms with E-state index in [-0.39, 0.29) is 11.8 Å². The van der Waals surface area contributed by atoms with E-state index in [1.54, 1.807) is 0 Å². The molecule has 30 heavy (non-hydrogen) atoms. The second kappa shape index (κ2) is 9.23. The normalized spacial score (nSPS) is 16.2. The Morgan fingerprint density at radius 3 is 2.47 bits per heavy atom. The summed E-state index contributed by atoms with van der Waals surface area (Å²) in [6.07, 6.45) is 2.68. The third-order valence-electron chi connectivity index (χ3n) is 6.34. The van der Waals surface area contributed by atoms with Gasteiger partial charge >= 0.3 is 0 Å². The minimum absolute atomic E-state index is 0.0156. The molecule has 1 aliphatic rings. The van der Waals surface area contributed by atoms with Crippen molar-refractivity contribution in [2.45, 2.75) is 32.7 Å². The predicted molar refractivity (Wildman–Crippen MR) is 124 cm³/mol. The van der Waals surface area contributed by atoms with Gasteiger partial charge in [-0.1, -0.05) is 48.9 Å². The number of likely N-dealkylation sites (N-methyl/N-ethyl adjacent to an activating group) is 1. The highest BCUT2D eigenvalue weighted by molar-refractivity contribution is 6.30. The van der Waals surface area contributed by atoms with Gasteiger partial charge in [0.15, 0.2) is 0 Å². The van der Waals surface area contributed by atoms with E-state index in [9.17, 15) is 4.79 Å². The van der Waals surface area contributed by atoms with Crippen molar-refractivity contribution in [3.63, 3.8) is 0 Å². The minimum Gasteiger partial charge on any atom is -0.347 e. The maximum absolute atomic E-state index is 13.3. The maximum Gasteiger partial charge on any atom is 0.223 e. The predicted octanol–water partition coefficient (Wildman–Crippen LogP) is 5.00. The molecule has 1 fully saturated rings. The monoisotopic (exact) mass is 423 g/mol. The summed E-state index contributed by atoms with van der Waals surface area (Å²) in [5, 5.41) is 1.92. The molecule has 4 rings (SSSR count). The summed E-state index contributed by atoms with van der Waals surface area (Å²) >= 11 is 6.34. The molecule has 1 unspecified atom stereocenters. The number of aromatic nitrogens is 1. The minimum atomic E-state index is -0.0156. The number of amides is 1. The zero-order chi connectivity index (χ0) is 21.1.